The van der Waals surface area contributed by atoms with E-state index in [1.807, 2.05) is 0 Å². The van der Waals surface area contributed by atoms with Crippen LogP contribution in [0.5, 0.6) is 11.5 Å². The SMILES string of the molecule is COc1ccc(NC(=O)NC(=O)COc2ccc3ccc(=O)oc3c2)cc1. The Balaban J connectivity index is 1.52. The molecular formula is C19H16N2O6. The zero-order valence-corrected chi connectivity index (χ0v) is 14.4. The second-order valence-corrected chi connectivity index (χ2v) is 5.47. The number of carbonyl (C=O) groups is 2. The number of carbonyl (C=O) groups excluding carboxylic acids is 2. The van der Waals surface area contributed by atoms with E-state index < -0.39 is 17.6 Å². The molecule has 0 saturated carbocycles. The van der Waals surface area contributed by atoms with Crippen LogP contribution in [0.25, 0.3) is 11.0 Å². The lowest BCUT2D eigenvalue weighted by Gasteiger charge is -2.09. The molecule has 138 valence electrons. The summed E-state index contributed by atoms with van der Waals surface area (Å²) in [6.07, 6.45) is 0. The van der Waals surface area contributed by atoms with Gasteiger partial charge in [0, 0.05) is 23.2 Å². The highest BCUT2D eigenvalue weighted by Crippen LogP contribution is 2.19. The van der Waals surface area contributed by atoms with Crippen molar-refractivity contribution in [2.45, 2.75) is 0 Å². The molecule has 2 N–H and O–H groups in total. The number of rotatable bonds is 5. The molecule has 1 heterocycles. The van der Waals surface area contributed by atoms with Crippen LogP contribution in [0, 0.1) is 0 Å². The molecule has 0 fully saturated rings. The molecule has 1 aromatic heterocycles. The molecule has 8 heteroatoms. The zero-order chi connectivity index (χ0) is 19.2. The van der Waals surface area contributed by atoms with Crippen molar-refractivity contribution in [3.8, 4) is 11.5 Å². The van der Waals surface area contributed by atoms with Crippen molar-refractivity contribution in [2.75, 3.05) is 19.0 Å². The van der Waals surface area contributed by atoms with Gasteiger partial charge in [0.1, 0.15) is 17.1 Å². The Bertz CT molecular complexity index is 1030. The van der Waals surface area contributed by atoms with Gasteiger partial charge in [0.25, 0.3) is 5.91 Å². The van der Waals surface area contributed by atoms with Crippen LogP contribution in [-0.4, -0.2) is 25.7 Å². The number of nitrogens with one attached hydrogen (secondary N) is 2. The molecule has 0 spiro atoms. The van der Waals surface area contributed by atoms with Crippen LogP contribution in [0.3, 0.4) is 0 Å². The van der Waals surface area contributed by atoms with Crippen molar-refractivity contribution in [3.05, 3.63) is 65.0 Å². The number of hydrogen-bond donors (Lipinski definition) is 2. The van der Waals surface area contributed by atoms with E-state index in [0.717, 1.165) is 5.39 Å². The van der Waals surface area contributed by atoms with E-state index in [9.17, 15) is 14.4 Å². The Kier molecular flexibility index (Phi) is 5.36. The van der Waals surface area contributed by atoms with Crippen LogP contribution in [-0.2, 0) is 4.79 Å². The first-order valence-electron chi connectivity index (χ1n) is 7.95. The molecule has 3 amide bonds. The third-order valence-electron chi connectivity index (χ3n) is 3.57. The molecule has 0 radical (unpaired) electrons. The molecule has 2 aromatic carbocycles. The van der Waals surface area contributed by atoms with Gasteiger partial charge in [0.05, 0.1) is 7.11 Å². The van der Waals surface area contributed by atoms with Gasteiger partial charge in [-0.05, 0) is 42.5 Å². The number of amides is 3. The van der Waals surface area contributed by atoms with Crippen LogP contribution >= 0.6 is 0 Å². The normalized spacial score (nSPS) is 10.3. The first-order valence-corrected chi connectivity index (χ1v) is 7.95. The smallest absolute Gasteiger partial charge is 0.336 e. The van der Waals surface area contributed by atoms with E-state index in [4.69, 9.17) is 13.9 Å². The number of benzene rings is 2. The molecule has 0 aliphatic rings. The summed E-state index contributed by atoms with van der Waals surface area (Å²) in [6, 6.07) is 13.7. The van der Waals surface area contributed by atoms with E-state index in [0.29, 0.717) is 22.8 Å². The molecule has 0 atom stereocenters. The van der Waals surface area contributed by atoms with Crippen LogP contribution in [0.2, 0.25) is 0 Å². The highest BCUT2D eigenvalue weighted by molar-refractivity contribution is 6.01. The Labute approximate surface area is 153 Å². The second-order valence-electron chi connectivity index (χ2n) is 5.47. The first kappa shape index (κ1) is 18.0. The quantitative estimate of drug-likeness (QED) is 0.670. The van der Waals surface area contributed by atoms with Crippen molar-refractivity contribution in [3.63, 3.8) is 0 Å². The second kappa shape index (κ2) is 8.05. The number of methoxy groups -OCH3 is 1. The van der Waals surface area contributed by atoms with Crippen molar-refractivity contribution in [2.24, 2.45) is 0 Å². The summed E-state index contributed by atoms with van der Waals surface area (Å²) in [5.74, 6) is 0.356. The fourth-order valence-electron chi connectivity index (χ4n) is 2.28. The van der Waals surface area contributed by atoms with Crippen LogP contribution in [0.15, 0.2) is 63.8 Å². The van der Waals surface area contributed by atoms with Crippen molar-refractivity contribution < 1.29 is 23.5 Å². The summed E-state index contributed by atoms with van der Waals surface area (Å²) < 4.78 is 15.4. The Morgan fingerprint density at radius 2 is 1.70 bits per heavy atom. The summed E-state index contributed by atoms with van der Waals surface area (Å²) in [7, 11) is 1.54. The molecular weight excluding hydrogens is 352 g/mol. The maximum atomic E-state index is 11.8. The van der Waals surface area contributed by atoms with Gasteiger partial charge in [-0.3, -0.25) is 10.1 Å². The predicted molar refractivity (Wildman–Crippen MR) is 98.1 cm³/mol. The zero-order valence-electron chi connectivity index (χ0n) is 14.4. The highest BCUT2D eigenvalue weighted by Gasteiger charge is 2.09. The lowest BCUT2D eigenvalue weighted by atomic mass is 10.2. The summed E-state index contributed by atoms with van der Waals surface area (Å²) in [6.45, 7) is -0.376. The number of urea groups is 1. The highest BCUT2D eigenvalue weighted by atomic mass is 16.5. The first-order chi connectivity index (χ1) is 13.0. The molecule has 3 aromatic rings. The minimum Gasteiger partial charge on any atom is -0.497 e. The number of hydrogen-bond acceptors (Lipinski definition) is 6. The molecule has 0 aliphatic carbocycles. The monoisotopic (exact) mass is 368 g/mol. The minimum atomic E-state index is -0.682. The largest absolute Gasteiger partial charge is 0.497 e. The van der Waals surface area contributed by atoms with E-state index in [1.54, 1.807) is 42.5 Å². The van der Waals surface area contributed by atoms with E-state index in [2.05, 4.69) is 10.6 Å². The third kappa shape index (κ3) is 4.85. The molecule has 8 nitrogen and oxygen atoms in total. The maximum absolute atomic E-state index is 11.8. The molecule has 27 heavy (non-hydrogen) atoms. The van der Waals surface area contributed by atoms with Crippen molar-refractivity contribution in [1.29, 1.82) is 0 Å². The minimum absolute atomic E-state index is 0.336. The lowest BCUT2D eigenvalue weighted by Crippen LogP contribution is -2.37. The van der Waals surface area contributed by atoms with Gasteiger partial charge in [0.15, 0.2) is 6.61 Å². The Hall–Kier alpha value is -3.81. The topological polar surface area (TPSA) is 107 Å². The van der Waals surface area contributed by atoms with Crippen molar-refractivity contribution >= 4 is 28.6 Å². The Morgan fingerprint density at radius 3 is 2.44 bits per heavy atom. The van der Waals surface area contributed by atoms with Crippen LogP contribution in [0.1, 0.15) is 0 Å². The molecule has 0 saturated heterocycles. The average molecular weight is 368 g/mol. The number of ether oxygens (including phenoxy) is 2. The standard InChI is InChI=1S/C19H16N2O6/c1-25-14-7-4-13(5-8-14)20-19(24)21-17(22)11-26-15-6-2-12-3-9-18(23)27-16(12)10-15/h2-10H,11H2,1H3,(H2,20,21,22,24). The molecule has 0 bridgehead atoms. The van der Waals surface area contributed by atoms with Gasteiger partial charge >= 0.3 is 11.7 Å². The fourth-order valence-corrected chi connectivity index (χ4v) is 2.28. The van der Waals surface area contributed by atoms with Gasteiger partial charge in [-0.25, -0.2) is 9.59 Å². The van der Waals surface area contributed by atoms with Crippen molar-refractivity contribution in [1.82, 2.24) is 5.32 Å². The summed E-state index contributed by atoms with van der Waals surface area (Å²) in [5.41, 5.74) is 0.372. The van der Waals surface area contributed by atoms with Gasteiger partial charge in [-0.1, -0.05) is 0 Å². The third-order valence-corrected chi connectivity index (χ3v) is 3.57. The maximum Gasteiger partial charge on any atom is 0.336 e. The van der Waals surface area contributed by atoms with E-state index in [-0.39, 0.29) is 6.61 Å². The van der Waals surface area contributed by atoms with Gasteiger partial charge in [-0.15, -0.1) is 0 Å². The number of imide groups is 1. The van der Waals surface area contributed by atoms with Crippen LogP contribution < -0.4 is 25.7 Å². The van der Waals surface area contributed by atoms with Gasteiger partial charge < -0.3 is 19.2 Å². The summed E-state index contributed by atoms with van der Waals surface area (Å²) in [4.78, 5) is 34.9. The van der Waals surface area contributed by atoms with Gasteiger partial charge in [0.2, 0.25) is 0 Å². The fraction of sp³-hybridized carbons (Fsp3) is 0.105. The Morgan fingerprint density at radius 1 is 1.00 bits per heavy atom. The summed E-state index contributed by atoms with van der Waals surface area (Å²) >= 11 is 0. The lowest BCUT2D eigenvalue weighted by molar-refractivity contribution is -0.121. The summed E-state index contributed by atoms with van der Waals surface area (Å²) in [5, 5.41) is 5.40. The number of fused-ring (bicyclic) bond motifs is 1. The number of anilines is 1. The van der Waals surface area contributed by atoms with Gasteiger partial charge in [-0.2, -0.15) is 0 Å². The van der Waals surface area contributed by atoms with E-state index >= 15 is 0 Å². The molecule has 0 unspecified atom stereocenters. The predicted octanol–water partition coefficient (Wildman–Crippen LogP) is 2.53. The molecule has 0 aliphatic heterocycles. The average Bonchev–Trinajstić information content (AvgIpc) is 2.66. The van der Waals surface area contributed by atoms with E-state index in [1.165, 1.54) is 19.2 Å². The molecule has 3 rings (SSSR count). The van der Waals surface area contributed by atoms with Crippen LogP contribution in [0.4, 0.5) is 10.5 Å².